The third kappa shape index (κ3) is 4.94. The number of ether oxygens (including phenoxy) is 1. The number of aryl methyl sites for hydroxylation is 1. The van der Waals surface area contributed by atoms with E-state index in [9.17, 15) is 13.2 Å². The number of sulfonamides is 1. The fourth-order valence-corrected chi connectivity index (χ4v) is 7.58. The number of carbonyl (C=O) groups excluding carboxylic acids is 1. The third-order valence-electron chi connectivity index (χ3n) is 6.99. The van der Waals surface area contributed by atoms with E-state index < -0.39 is 10.0 Å². The van der Waals surface area contributed by atoms with Crippen molar-refractivity contribution >= 4 is 38.0 Å². The highest BCUT2D eigenvalue weighted by molar-refractivity contribution is 7.89. The van der Waals surface area contributed by atoms with E-state index in [4.69, 9.17) is 4.74 Å². The van der Waals surface area contributed by atoms with Crippen molar-refractivity contribution in [2.24, 2.45) is 0 Å². The third-order valence-corrected chi connectivity index (χ3v) is 9.89. The van der Waals surface area contributed by atoms with Crippen LogP contribution in [0, 0.1) is 6.92 Å². The first-order chi connectivity index (χ1) is 17.9. The summed E-state index contributed by atoms with van der Waals surface area (Å²) in [4.78, 5) is 17.2. The van der Waals surface area contributed by atoms with Gasteiger partial charge in [0.2, 0.25) is 15.9 Å². The molecule has 0 N–H and O–H groups in total. The zero-order valence-corrected chi connectivity index (χ0v) is 22.6. The smallest absolute Gasteiger partial charge is 0.244 e. The first kappa shape index (κ1) is 25.6. The van der Waals surface area contributed by atoms with E-state index in [-0.39, 0.29) is 36.5 Å². The number of amides is 1. The van der Waals surface area contributed by atoms with Gasteiger partial charge in [-0.2, -0.15) is 4.31 Å². The van der Waals surface area contributed by atoms with Crippen molar-refractivity contribution in [2.45, 2.75) is 24.3 Å². The molecular formula is C29H30N2O4S2. The first-order valence-electron chi connectivity index (χ1n) is 12.3. The zero-order chi connectivity index (χ0) is 26.0. The van der Waals surface area contributed by atoms with Gasteiger partial charge in [-0.15, -0.1) is 11.3 Å². The minimum atomic E-state index is -3.97. The second-order valence-electron chi connectivity index (χ2n) is 9.20. The summed E-state index contributed by atoms with van der Waals surface area (Å²) in [5.41, 5.74) is 3.29. The van der Waals surface area contributed by atoms with Crippen molar-refractivity contribution in [3.63, 3.8) is 0 Å². The van der Waals surface area contributed by atoms with Crippen molar-refractivity contribution in [2.75, 3.05) is 33.4 Å². The highest BCUT2D eigenvalue weighted by Crippen LogP contribution is 2.39. The SMILES string of the molecule is COCCN(CC(=O)N1CCc2sccc2C1c1ccccc1C)S(=O)(=O)c1cccc2ccccc12. The Hall–Kier alpha value is -3.04. The molecule has 0 bridgehead atoms. The van der Waals surface area contributed by atoms with Crippen LogP contribution in [0.3, 0.4) is 0 Å². The Labute approximate surface area is 222 Å². The van der Waals surface area contributed by atoms with Crippen LogP contribution in [0.4, 0.5) is 0 Å². The Morgan fingerprint density at radius 1 is 1.03 bits per heavy atom. The topological polar surface area (TPSA) is 66.9 Å². The number of rotatable bonds is 8. The molecule has 1 unspecified atom stereocenters. The standard InChI is InChI=1S/C29H30N2O4S2/c1-21-8-3-5-11-23(21)29-25-15-19-36-26(25)14-16-31(29)28(32)20-30(17-18-35-2)37(33,34)27-13-7-10-22-9-4-6-12-24(22)27/h3-13,15,19,29H,14,16-18,20H2,1-2H3. The molecule has 37 heavy (non-hydrogen) atoms. The van der Waals surface area contributed by atoms with E-state index in [1.54, 1.807) is 29.5 Å². The zero-order valence-electron chi connectivity index (χ0n) is 21.0. The largest absolute Gasteiger partial charge is 0.383 e. The highest BCUT2D eigenvalue weighted by Gasteiger charge is 2.36. The molecule has 3 aromatic carbocycles. The lowest BCUT2D eigenvalue weighted by atomic mass is 9.90. The lowest BCUT2D eigenvalue weighted by Gasteiger charge is -2.38. The van der Waals surface area contributed by atoms with Gasteiger partial charge < -0.3 is 9.64 Å². The van der Waals surface area contributed by atoms with Crippen LogP contribution in [0.1, 0.15) is 27.6 Å². The Balaban J connectivity index is 1.51. The van der Waals surface area contributed by atoms with Gasteiger partial charge >= 0.3 is 0 Å². The van der Waals surface area contributed by atoms with E-state index in [1.165, 1.54) is 16.3 Å². The van der Waals surface area contributed by atoms with Crippen LogP contribution in [0.5, 0.6) is 0 Å². The molecule has 0 radical (unpaired) electrons. The van der Waals surface area contributed by atoms with Gasteiger partial charge in [0.25, 0.3) is 0 Å². The number of hydrogen-bond acceptors (Lipinski definition) is 5. The summed E-state index contributed by atoms with van der Waals surface area (Å²) in [6, 6.07) is 22.6. The summed E-state index contributed by atoms with van der Waals surface area (Å²) >= 11 is 1.71. The summed E-state index contributed by atoms with van der Waals surface area (Å²) in [5, 5.41) is 3.54. The van der Waals surface area contributed by atoms with E-state index in [1.807, 2.05) is 41.3 Å². The predicted octanol–water partition coefficient (Wildman–Crippen LogP) is 5.02. The molecule has 0 spiro atoms. The van der Waals surface area contributed by atoms with Crippen LogP contribution in [-0.2, 0) is 26.0 Å². The average Bonchev–Trinajstić information content (AvgIpc) is 3.39. The quantitative estimate of drug-likeness (QED) is 0.318. The number of methoxy groups -OCH3 is 1. The predicted molar refractivity (Wildman–Crippen MR) is 147 cm³/mol. The molecule has 5 rings (SSSR count). The van der Waals surface area contributed by atoms with Gasteiger partial charge in [0.15, 0.2) is 0 Å². The second-order valence-corrected chi connectivity index (χ2v) is 12.1. The molecule has 8 heteroatoms. The second kappa shape index (κ2) is 10.8. The molecule has 1 aromatic heterocycles. The number of fused-ring (bicyclic) bond motifs is 2. The fourth-order valence-electron chi connectivity index (χ4n) is 5.09. The van der Waals surface area contributed by atoms with Crippen LogP contribution in [0.15, 0.2) is 83.1 Å². The van der Waals surface area contributed by atoms with E-state index in [0.717, 1.165) is 28.5 Å². The van der Waals surface area contributed by atoms with Crippen LogP contribution in [-0.4, -0.2) is 56.9 Å². The Morgan fingerprint density at radius 3 is 2.59 bits per heavy atom. The molecule has 1 atom stereocenters. The molecule has 0 saturated carbocycles. The number of hydrogen-bond donors (Lipinski definition) is 0. The first-order valence-corrected chi connectivity index (χ1v) is 14.6. The number of carbonyl (C=O) groups is 1. The van der Waals surface area contributed by atoms with Gasteiger partial charge in [-0.1, -0.05) is 60.7 Å². The summed E-state index contributed by atoms with van der Waals surface area (Å²) in [6.07, 6.45) is 0.759. The molecule has 0 saturated heterocycles. The number of benzene rings is 3. The number of nitrogens with zero attached hydrogens (tertiary/aromatic N) is 2. The van der Waals surface area contributed by atoms with Crippen molar-refractivity contribution in [3.05, 3.63) is 99.7 Å². The van der Waals surface area contributed by atoms with Crippen molar-refractivity contribution in [1.82, 2.24) is 9.21 Å². The van der Waals surface area contributed by atoms with Gasteiger partial charge in [-0.05, 0) is 52.9 Å². The van der Waals surface area contributed by atoms with Crippen LogP contribution < -0.4 is 0 Å². The van der Waals surface area contributed by atoms with E-state index in [2.05, 4.69) is 30.5 Å². The molecule has 6 nitrogen and oxygen atoms in total. The maximum Gasteiger partial charge on any atom is 0.244 e. The summed E-state index contributed by atoms with van der Waals surface area (Å²) in [5.74, 6) is -0.218. The van der Waals surface area contributed by atoms with E-state index in [0.29, 0.717) is 11.9 Å². The maximum absolute atomic E-state index is 13.9. The van der Waals surface area contributed by atoms with Crippen molar-refractivity contribution in [3.8, 4) is 0 Å². The summed E-state index contributed by atoms with van der Waals surface area (Å²) in [7, 11) is -2.44. The molecule has 0 aliphatic carbocycles. The molecule has 2 heterocycles. The molecule has 192 valence electrons. The Bertz CT molecular complexity index is 1520. The Kier molecular flexibility index (Phi) is 7.44. The number of thiophene rings is 1. The molecular weight excluding hydrogens is 504 g/mol. The maximum atomic E-state index is 13.9. The average molecular weight is 535 g/mol. The van der Waals surface area contributed by atoms with Crippen LogP contribution >= 0.6 is 11.3 Å². The monoisotopic (exact) mass is 534 g/mol. The normalized spacial score (nSPS) is 15.8. The molecule has 0 fully saturated rings. The van der Waals surface area contributed by atoms with Gasteiger partial charge in [0.1, 0.15) is 0 Å². The molecule has 1 amide bonds. The minimum absolute atomic E-state index is 0.0837. The minimum Gasteiger partial charge on any atom is -0.383 e. The van der Waals surface area contributed by atoms with Crippen molar-refractivity contribution in [1.29, 1.82) is 0 Å². The van der Waals surface area contributed by atoms with Gasteiger partial charge in [0.05, 0.1) is 24.1 Å². The molecule has 4 aromatic rings. The van der Waals surface area contributed by atoms with Crippen LogP contribution in [0.25, 0.3) is 10.8 Å². The van der Waals surface area contributed by atoms with Gasteiger partial charge in [0, 0.05) is 30.5 Å². The summed E-state index contributed by atoms with van der Waals surface area (Å²) < 4.78 is 34.4. The van der Waals surface area contributed by atoms with E-state index >= 15 is 0 Å². The Morgan fingerprint density at radius 2 is 1.78 bits per heavy atom. The van der Waals surface area contributed by atoms with Crippen molar-refractivity contribution < 1.29 is 17.9 Å². The fraction of sp³-hybridized carbons (Fsp3) is 0.276. The lowest BCUT2D eigenvalue weighted by molar-refractivity contribution is -0.133. The molecule has 1 aliphatic heterocycles. The highest BCUT2D eigenvalue weighted by atomic mass is 32.2. The lowest BCUT2D eigenvalue weighted by Crippen LogP contribution is -2.47. The van der Waals surface area contributed by atoms with Crippen LogP contribution in [0.2, 0.25) is 0 Å². The molecule has 1 aliphatic rings. The van der Waals surface area contributed by atoms with Gasteiger partial charge in [-0.25, -0.2) is 8.42 Å². The summed E-state index contributed by atoms with van der Waals surface area (Å²) in [6.45, 7) is 2.61. The van der Waals surface area contributed by atoms with Gasteiger partial charge in [-0.3, -0.25) is 4.79 Å².